The van der Waals surface area contributed by atoms with Gasteiger partial charge in [-0.15, -0.1) is 0 Å². The maximum atomic E-state index is 11.7. The van der Waals surface area contributed by atoms with E-state index in [9.17, 15) is 13.2 Å². The molecule has 0 amide bonds. The molecule has 1 heterocycles. The smallest absolute Gasteiger partial charge is 0.422 e. The minimum Gasteiger partial charge on any atom is -0.468 e. The number of rotatable bonds is 2. The summed E-state index contributed by atoms with van der Waals surface area (Å²) >= 11 is 0. The lowest BCUT2D eigenvalue weighted by atomic mass is 10.3. The van der Waals surface area contributed by atoms with E-state index in [1.54, 1.807) is 13.0 Å². The summed E-state index contributed by atoms with van der Waals surface area (Å²) in [6.45, 7) is 0.490. The van der Waals surface area contributed by atoms with Gasteiger partial charge in [0.05, 0.1) is 0 Å². The Bertz CT molecular complexity index is 268. The fraction of sp³-hybridized carbons (Fsp3) is 0.375. The van der Waals surface area contributed by atoms with Gasteiger partial charge in [-0.2, -0.15) is 13.2 Å². The van der Waals surface area contributed by atoms with Gasteiger partial charge in [0.25, 0.3) is 0 Å². The summed E-state index contributed by atoms with van der Waals surface area (Å²) in [5.74, 6) is -0.0112. The van der Waals surface area contributed by atoms with Gasteiger partial charge in [-0.05, 0) is 12.5 Å². The molecule has 0 spiro atoms. The van der Waals surface area contributed by atoms with Crippen LogP contribution < -0.4 is 4.74 Å². The summed E-state index contributed by atoms with van der Waals surface area (Å²) in [4.78, 5) is 3.66. The van der Waals surface area contributed by atoms with Crippen molar-refractivity contribution in [3.63, 3.8) is 0 Å². The molecule has 0 N–H and O–H groups in total. The lowest BCUT2D eigenvalue weighted by Crippen LogP contribution is -2.19. The Labute approximate surface area is 73.4 Å². The van der Waals surface area contributed by atoms with Crippen molar-refractivity contribution >= 4 is 0 Å². The number of alkyl halides is 3. The fourth-order valence-electron chi connectivity index (χ4n) is 0.695. The van der Waals surface area contributed by atoms with Gasteiger partial charge in [0.1, 0.15) is 0 Å². The summed E-state index contributed by atoms with van der Waals surface area (Å²) in [7, 11) is 0. The summed E-state index contributed by atoms with van der Waals surface area (Å²) in [5, 5.41) is 0. The molecule has 0 bridgehead atoms. The third-order valence-electron chi connectivity index (χ3n) is 1.27. The molecule has 0 aliphatic rings. The van der Waals surface area contributed by atoms with Crippen LogP contribution in [0.2, 0.25) is 0 Å². The first-order valence-corrected chi connectivity index (χ1v) is 3.59. The monoisotopic (exact) mass is 191 g/mol. The normalized spacial score (nSPS) is 11.4. The maximum Gasteiger partial charge on any atom is 0.422 e. The molecule has 2 nitrogen and oxygen atoms in total. The van der Waals surface area contributed by atoms with E-state index in [2.05, 4.69) is 9.72 Å². The maximum absolute atomic E-state index is 11.7. The lowest BCUT2D eigenvalue weighted by molar-refractivity contribution is -0.154. The molecule has 1 aromatic rings. The number of hydrogen-bond acceptors (Lipinski definition) is 2. The third-order valence-corrected chi connectivity index (χ3v) is 1.27. The Balaban J connectivity index is 2.51. The molecular formula is C8H8F3NO. The van der Waals surface area contributed by atoms with E-state index in [4.69, 9.17) is 0 Å². The van der Waals surface area contributed by atoms with Crippen molar-refractivity contribution in [3.8, 4) is 5.88 Å². The summed E-state index contributed by atoms with van der Waals surface area (Å²) in [6, 6.07) is 3.04. The van der Waals surface area contributed by atoms with Crippen LogP contribution in [0, 0.1) is 6.92 Å². The Morgan fingerprint density at radius 1 is 1.38 bits per heavy atom. The zero-order chi connectivity index (χ0) is 9.90. The molecule has 1 rings (SSSR count). The van der Waals surface area contributed by atoms with Gasteiger partial charge in [0.2, 0.25) is 5.88 Å². The van der Waals surface area contributed by atoms with Crippen LogP contribution in [-0.2, 0) is 0 Å². The largest absolute Gasteiger partial charge is 0.468 e. The van der Waals surface area contributed by atoms with Crippen LogP contribution in [0.5, 0.6) is 5.88 Å². The van der Waals surface area contributed by atoms with Crippen molar-refractivity contribution < 1.29 is 17.9 Å². The second-order valence-electron chi connectivity index (χ2n) is 2.58. The van der Waals surface area contributed by atoms with Crippen molar-refractivity contribution in [2.24, 2.45) is 0 Å². The predicted octanol–water partition coefficient (Wildman–Crippen LogP) is 2.33. The minimum atomic E-state index is -4.31. The first kappa shape index (κ1) is 9.83. The number of hydrogen-bond donors (Lipinski definition) is 0. The molecule has 0 aliphatic carbocycles. The van der Waals surface area contributed by atoms with Gasteiger partial charge >= 0.3 is 6.18 Å². The van der Waals surface area contributed by atoms with E-state index < -0.39 is 12.8 Å². The van der Waals surface area contributed by atoms with Crippen molar-refractivity contribution in [1.29, 1.82) is 0 Å². The standard InChI is InChI=1S/C8H8F3NO/c1-6-2-3-7(12-4-6)13-5-8(9,10)11/h2-4H,5H2,1H3. The highest BCUT2D eigenvalue weighted by atomic mass is 19.4. The Hall–Kier alpha value is -1.26. The van der Waals surface area contributed by atoms with Gasteiger partial charge in [0.15, 0.2) is 6.61 Å². The van der Waals surface area contributed by atoms with E-state index in [0.717, 1.165) is 5.56 Å². The number of halogens is 3. The highest BCUT2D eigenvalue weighted by Gasteiger charge is 2.28. The SMILES string of the molecule is Cc1ccc(OCC(F)(F)F)nc1. The van der Waals surface area contributed by atoms with Crippen LogP contribution in [-0.4, -0.2) is 17.8 Å². The number of aryl methyl sites for hydroxylation is 1. The zero-order valence-electron chi connectivity index (χ0n) is 6.93. The summed E-state index contributed by atoms with van der Waals surface area (Å²) < 4.78 is 39.4. The van der Waals surface area contributed by atoms with E-state index in [-0.39, 0.29) is 5.88 Å². The molecule has 72 valence electrons. The van der Waals surface area contributed by atoms with Crippen molar-refractivity contribution in [2.45, 2.75) is 13.1 Å². The number of pyridine rings is 1. The molecule has 0 fully saturated rings. The van der Waals surface area contributed by atoms with Crippen molar-refractivity contribution in [1.82, 2.24) is 4.98 Å². The van der Waals surface area contributed by atoms with Crippen LogP contribution in [0.3, 0.4) is 0 Å². The van der Waals surface area contributed by atoms with Crippen molar-refractivity contribution in [3.05, 3.63) is 23.9 Å². The molecule has 0 aromatic carbocycles. The third kappa shape index (κ3) is 3.78. The second-order valence-corrected chi connectivity index (χ2v) is 2.58. The van der Waals surface area contributed by atoms with Crippen LogP contribution in [0.4, 0.5) is 13.2 Å². The van der Waals surface area contributed by atoms with Crippen LogP contribution >= 0.6 is 0 Å². The van der Waals surface area contributed by atoms with Gasteiger partial charge < -0.3 is 4.74 Å². The molecule has 1 aromatic heterocycles. The molecule has 0 unspecified atom stereocenters. The average molecular weight is 191 g/mol. The Morgan fingerprint density at radius 3 is 2.54 bits per heavy atom. The van der Waals surface area contributed by atoms with Crippen LogP contribution in [0.15, 0.2) is 18.3 Å². The first-order chi connectivity index (χ1) is 5.97. The summed E-state index contributed by atoms with van der Waals surface area (Å²) in [5.41, 5.74) is 0.874. The molecule has 13 heavy (non-hydrogen) atoms. The molecule has 0 radical (unpaired) electrons. The van der Waals surface area contributed by atoms with Gasteiger partial charge in [0, 0.05) is 12.3 Å². The van der Waals surface area contributed by atoms with E-state index >= 15 is 0 Å². The molecule has 0 saturated carbocycles. The predicted molar refractivity (Wildman–Crippen MR) is 40.5 cm³/mol. The molecule has 0 saturated heterocycles. The number of nitrogens with zero attached hydrogens (tertiary/aromatic N) is 1. The summed E-state index contributed by atoms with van der Waals surface area (Å²) in [6.07, 6.45) is -2.86. The molecule has 0 atom stereocenters. The van der Waals surface area contributed by atoms with Gasteiger partial charge in [-0.3, -0.25) is 0 Å². The number of ether oxygens (including phenoxy) is 1. The Kier molecular flexibility index (Phi) is 2.75. The molecular weight excluding hydrogens is 183 g/mol. The van der Waals surface area contributed by atoms with Gasteiger partial charge in [-0.25, -0.2) is 4.98 Å². The first-order valence-electron chi connectivity index (χ1n) is 3.59. The zero-order valence-corrected chi connectivity index (χ0v) is 6.93. The van der Waals surface area contributed by atoms with E-state index in [1.165, 1.54) is 12.3 Å². The molecule has 0 aliphatic heterocycles. The van der Waals surface area contributed by atoms with Crippen LogP contribution in [0.1, 0.15) is 5.56 Å². The second kappa shape index (κ2) is 3.64. The van der Waals surface area contributed by atoms with Crippen LogP contribution in [0.25, 0.3) is 0 Å². The fourth-order valence-corrected chi connectivity index (χ4v) is 0.695. The average Bonchev–Trinajstić information content (AvgIpc) is 2.02. The van der Waals surface area contributed by atoms with E-state index in [1.807, 2.05) is 0 Å². The van der Waals surface area contributed by atoms with Crippen molar-refractivity contribution in [2.75, 3.05) is 6.61 Å². The van der Waals surface area contributed by atoms with Gasteiger partial charge in [-0.1, -0.05) is 6.07 Å². The minimum absolute atomic E-state index is 0.0112. The number of aromatic nitrogens is 1. The lowest BCUT2D eigenvalue weighted by Gasteiger charge is -2.07. The Morgan fingerprint density at radius 2 is 2.08 bits per heavy atom. The quantitative estimate of drug-likeness (QED) is 0.715. The molecule has 5 heteroatoms. The highest BCUT2D eigenvalue weighted by molar-refractivity contribution is 5.16. The highest BCUT2D eigenvalue weighted by Crippen LogP contribution is 2.16. The topological polar surface area (TPSA) is 22.1 Å². The van der Waals surface area contributed by atoms with E-state index in [0.29, 0.717) is 0 Å².